The lowest BCUT2D eigenvalue weighted by Gasteiger charge is -2.32. The van der Waals surface area contributed by atoms with Crippen molar-refractivity contribution in [3.05, 3.63) is 89.6 Å². The number of aromatic amines is 1. The van der Waals surface area contributed by atoms with E-state index in [0.29, 0.717) is 48.2 Å². The lowest BCUT2D eigenvalue weighted by atomic mass is 10.0. The zero-order valence-electron chi connectivity index (χ0n) is 27.3. The smallest absolute Gasteiger partial charge is 0.250 e. The van der Waals surface area contributed by atoms with Crippen LogP contribution in [0.4, 0.5) is 0 Å². The van der Waals surface area contributed by atoms with Gasteiger partial charge in [-0.05, 0) is 55.7 Å². The highest BCUT2D eigenvalue weighted by Crippen LogP contribution is 2.39. The van der Waals surface area contributed by atoms with E-state index in [1.165, 1.54) is 4.90 Å². The number of fused-ring (bicyclic) bond motifs is 1. The van der Waals surface area contributed by atoms with Gasteiger partial charge in [0.1, 0.15) is 25.2 Å². The number of amides is 4. The fourth-order valence-corrected chi connectivity index (χ4v) is 5.71. The van der Waals surface area contributed by atoms with Crippen molar-refractivity contribution in [3.63, 3.8) is 0 Å². The third-order valence-corrected chi connectivity index (χ3v) is 7.85. The third-order valence-electron chi connectivity index (χ3n) is 7.85. The van der Waals surface area contributed by atoms with E-state index < -0.39 is 29.8 Å². The average molecular weight is 656 g/mol. The van der Waals surface area contributed by atoms with Crippen molar-refractivity contribution in [3.8, 4) is 17.2 Å². The molecule has 1 fully saturated rings. The number of aromatic nitrogens is 1. The molecule has 5 rings (SSSR count). The van der Waals surface area contributed by atoms with Gasteiger partial charge < -0.3 is 40.0 Å². The highest BCUT2D eigenvalue weighted by Gasteiger charge is 2.35. The second-order valence-corrected chi connectivity index (χ2v) is 11.2. The summed E-state index contributed by atoms with van der Waals surface area (Å²) in [7, 11) is 0. The molecule has 1 aliphatic rings. The molecular weight excluding hydrogens is 614 g/mol. The van der Waals surface area contributed by atoms with Crippen molar-refractivity contribution in [2.75, 3.05) is 32.9 Å². The zero-order chi connectivity index (χ0) is 34.0. The topological polar surface area (TPSA) is 151 Å². The maximum atomic E-state index is 13.8. The van der Waals surface area contributed by atoms with Crippen LogP contribution in [-0.2, 0) is 32.1 Å². The van der Waals surface area contributed by atoms with Gasteiger partial charge in [-0.15, -0.1) is 0 Å². The fraction of sp³-hybridized carbons (Fsp3) is 0.333. The number of carbonyl (C=O) groups excluding carboxylic acids is 4. The van der Waals surface area contributed by atoms with E-state index in [1.54, 1.807) is 36.4 Å². The third kappa shape index (κ3) is 8.06. The van der Waals surface area contributed by atoms with Crippen molar-refractivity contribution in [1.29, 1.82) is 0 Å². The predicted octanol–water partition coefficient (Wildman–Crippen LogP) is 3.41. The molecule has 12 nitrogen and oxygen atoms in total. The van der Waals surface area contributed by atoms with Crippen LogP contribution in [0.15, 0.2) is 72.9 Å². The summed E-state index contributed by atoms with van der Waals surface area (Å²) in [4.78, 5) is 57.5. The lowest BCUT2D eigenvalue weighted by molar-refractivity contribution is -0.146. The van der Waals surface area contributed by atoms with Gasteiger partial charge in [0.05, 0.1) is 19.8 Å². The Morgan fingerprint density at radius 1 is 0.917 bits per heavy atom. The SMILES string of the molecule is CCOc1cc(CNC(=O)C(Cc2c[nH]c3ccccc23)NC(=O)CN2CC(=O)NC(c3ccccc3)C2=O)cc(OCC)c1OCC. The molecule has 2 unspecified atom stereocenters. The molecule has 4 aromatic rings. The van der Waals surface area contributed by atoms with Gasteiger partial charge in [0, 0.05) is 30.1 Å². The van der Waals surface area contributed by atoms with E-state index in [0.717, 1.165) is 16.5 Å². The molecule has 12 heteroatoms. The number of rotatable bonds is 15. The Morgan fingerprint density at radius 2 is 1.58 bits per heavy atom. The fourth-order valence-electron chi connectivity index (χ4n) is 5.71. The number of ether oxygens (including phenoxy) is 3. The number of piperazine rings is 1. The Morgan fingerprint density at radius 3 is 2.27 bits per heavy atom. The van der Waals surface area contributed by atoms with Crippen LogP contribution in [-0.4, -0.2) is 72.5 Å². The van der Waals surface area contributed by atoms with Crippen LogP contribution in [0.1, 0.15) is 43.5 Å². The lowest BCUT2D eigenvalue weighted by Crippen LogP contribution is -2.57. The van der Waals surface area contributed by atoms with Gasteiger partial charge in [-0.3, -0.25) is 19.2 Å². The maximum Gasteiger partial charge on any atom is 0.250 e. The van der Waals surface area contributed by atoms with Crippen LogP contribution in [0.2, 0.25) is 0 Å². The molecule has 0 spiro atoms. The molecule has 2 atom stereocenters. The predicted molar refractivity (Wildman–Crippen MR) is 180 cm³/mol. The summed E-state index contributed by atoms with van der Waals surface area (Å²) in [5, 5.41) is 9.39. The summed E-state index contributed by atoms with van der Waals surface area (Å²) in [5.74, 6) is -0.274. The van der Waals surface area contributed by atoms with Crippen molar-refractivity contribution < 1.29 is 33.4 Å². The number of benzene rings is 3. The van der Waals surface area contributed by atoms with E-state index in [1.807, 2.05) is 57.3 Å². The van der Waals surface area contributed by atoms with E-state index >= 15 is 0 Å². The quantitative estimate of drug-likeness (QED) is 0.153. The summed E-state index contributed by atoms with van der Waals surface area (Å²) in [5.41, 5.74) is 3.07. The number of hydrogen-bond acceptors (Lipinski definition) is 7. The number of nitrogens with one attached hydrogen (secondary N) is 4. The minimum atomic E-state index is -0.990. The van der Waals surface area contributed by atoms with Gasteiger partial charge in [-0.1, -0.05) is 48.5 Å². The molecule has 0 bridgehead atoms. The van der Waals surface area contributed by atoms with Crippen molar-refractivity contribution in [1.82, 2.24) is 25.8 Å². The van der Waals surface area contributed by atoms with Gasteiger partial charge >= 0.3 is 0 Å². The Kier molecular flexibility index (Phi) is 11.2. The van der Waals surface area contributed by atoms with Crippen molar-refractivity contribution >= 4 is 34.5 Å². The maximum absolute atomic E-state index is 13.8. The van der Waals surface area contributed by atoms with Gasteiger partial charge in [0.25, 0.3) is 5.91 Å². The highest BCUT2D eigenvalue weighted by molar-refractivity contribution is 5.98. The molecule has 1 aromatic heterocycles. The largest absolute Gasteiger partial charge is 0.490 e. The summed E-state index contributed by atoms with van der Waals surface area (Å²) in [6, 6.07) is 18.2. The molecule has 1 aliphatic heterocycles. The summed E-state index contributed by atoms with van der Waals surface area (Å²) < 4.78 is 17.4. The van der Waals surface area contributed by atoms with Crippen LogP contribution in [0.25, 0.3) is 10.9 Å². The Hall–Kier alpha value is -5.52. The van der Waals surface area contributed by atoms with Crippen LogP contribution < -0.4 is 30.2 Å². The molecule has 1 saturated heterocycles. The Balaban J connectivity index is 1.34. The molecule has 2 heterocycles. The number of carbonyl (C=O) groups is 4. The average Bonchev–Trinajstić information content (AvgIpc) is 3.49. The molecule has 4 amide bonds. The first-order valence-corrected chi connectivity index (χ1v) is 16.1. The second kappa shape index (κ2) is 15.9. The van der Waals surface area contributed by atoms with Crippen molar-refractivity contribution in [2.24, 2.45) is 0 Å². The Labute approximate surface area is 279 Å². The molecule has 0 aliphatic carbocycles. The molecule has 252 valence electrons. The molecule has 0 saturated carbocycles. The number of H-pyrrole nitrogens is 1. The van der Waals surface area contributed by atoms with E-state index in [-0.39, 0.29) is 32.0 Å². The molecular formula is C36H41N5O7. The molecule has 4 N–H and O–H groups in total. The summed E-state index contributed by atoms with van der Waals surface area (Å²) in [6.07, 6.45) is 2.00. The first kappa shape index (κ1) is 33.8. The number of nitrogens with zero attached hydrogens (tertiary/aromatic N) is 1. The van der Waals surface area contributed by atoms with Crippen molar-refractivity contribution in [2.45, 2.75) is 45.8 Å². The number of hydrogen-bond donors (Lipinski definition) is 4. The molecule has 0 radical (unpaired) electrons. The summed E-state index contributed by atoms with van der Waals surface area (Å²) >= 11 is 0. The molecule has 48 heavy (non-hydrogen) atoms. The summed E-state index contributed by atoms with van der Waals surface area (Å²) in [6.45, 7) is 6.32. The van der Waals surface area contributed by atoms with Gasteiger partial charge in [-0.2, -0.15) is 0 Å². The minimum absolute atomic E-state index is 0.120. The van der Waals surface area contributed by atoms with Crippen LogP contribution in [0.5, 0.6) is 17.2 Å². The minimum Gasteiger partial charge on any atom is -0.490 e. The first-order chi connectivity index (χ1) is 23.3. The van der Waals surface area contributed by atoms with E-state index in [2.05, 4.69) is 20.9 Å². The van der Waals surface area contributed by atoms with Crippen LogP contribution in [0.3, 0.4) is 0 Å². The zero-order valence-corrected chi connectivity index (χ0v) is 27.3. The van der Waals surface area contributed by atoms with Crippen LogP contribution >= 0.6 is 0 Å². The monoisotopic (exact) mass is 655 g/mol. The van der Waals surface area contributed by atoms with E-state index in [4.69, 9.17) is 14.2 Å². The second-order valence-electron chi connectivity index (χ2n) is 11.2. The molecule has 3 aromatic carbocycles. The van der Waals surface area contributed by atoms with Gasteiger partial charge in [0.2, 0.25) is 23.5 Å². The van der Waals surface area contributed by atoms with Gasteiger partial charge in [0.15, 0.2) is 11.5 Å². The first-order valence-electron chi connectivity index (χ1n) is 16.1. The van der Waals surface area contributed by atoms with Gasteiger partial charge in [-0.25, -0.2) is 0 Å². The van der Waals surface area contributed by atoms with Crippen LogP contribution in [0, 0.1) is 0 Å². The Bertz CT molecular complexity index is 1730. The number of para-hydroxylation sites is 1. The normalized spacial score (nSPS) is 15.1. The highest BCUT2D eigenvalue weighted by atomic mass is 16.5. The standard InChI is InChI=1S/C36H41N5O7/c1-4-46-29-16-23(17-30(47-5-2)34(29)48-6-3)19-38-35(44)28(18-25-20-37-27-15-11-10-14-26(25)27)39-31(42)21-41-22-32(43)40-33(36(41)45)24-12-8-7-9-13-24/h7-17,20,28,33,37H,4-6,18-19,21-22H2,1-3H3,(H,38,44)(H,39,42)(H,40,43). The van der Waals surface area contributed by atoms with E-state index in [9.17, 15) is 19.2 Å².